The number of Topliss-reactive ketones (excluding diaryl/α,β-unsaturated/α-hetero) is 1. The maximum atomic E-state index is 14.1. The molecule has 2 saturated carbocycles. The molecule has 5 aliphatic rings. The van der Waals surface area contributed by atoms with E-state index in [-0.39, 0.29) is 30.0 Å². The van der Waals surface area contributed by atoms with Crippen LogP contribution in [0.15, 0.2) is 35.2 Å². The van der Waals surface area contributed by atoms with Crippen molar-refractivity contribution in [2.24, 2.45) is 28.1 Å². The fourth-order valence-electron chi connectivity index (χ4n) is 8.49. The Morgan fingerprint density at radius 2 is 1.76 bits per heavy atom. The van der Waals surface area contributed by atoms with E-state index >= 15 is 0 Å². The van der Waals surface area contributed by atoms with Gasteiger partial charge in [-0.15, -0.1) is 0 Å². The van der Waals surface area contributed by atoms with Crippen LogP contribution in [0, 0.1) is 28.1 Å². The molecule has 3 aliphatic heterocycles. The lowest BCUT2D eigenvalue weighted by Crippen LogP contribution is -2.71. The fourth-order valence-corrected chi connectivity index (χ4v) is 8.49. The molecule has 0 radical (unpaired) electrons. The lowest BCUT2D eigenvalue weighted by atomic mass is 9.37. The van der Waals surface area contributed by atoms with Crippen molar-refractivity contribution in [2.75, 3.05) is 0 Å². The first-order valence-electron chi connectivity index (χ1n) is 11.8. The van der Waals surface area contributed by atoms with E-state index < -0.39 is 45.6 Å². The van der Waals surface area contributed by atoms with Crippen LogP contribution >= 0.6 is 0 Å². The number of fused-ring (bicyclic) bond motifs is 3. The summed E-state index contributed by atoms with van der Waals surface area (Å²) >= 11 is 0. The number of rotatable bonds is 1. The summed E-state index contributed by atoms with van der Waals surface area (Å²) in [7, 11) is 0. The quantitative estimate of drug-likeness (QED) is 0.469. The highest BCUT2D eigenvalue weighted by Crippen LogP contribution is 2.78. The van der Waals surface area contributed by atoms with Crippen LogP contribution in [-0.4, -0.2) is 35.0 Å². The van der Waals surface area contributed by atoms with E-state index in [4.69, 9.17) is 18.6 Å². The molecule has 7 nitrogen and oxygen atoms in total. The number of allylic oxidation sites excluding steroid dienone is 1. The molecule has 1 spiro atoms. The van der Waals surface area contributed by atoms with Gasteiger partial charge in [-0.2, -0.15) is 0 Å². The molecular formula is C26H30O7. The molecule has 4 heterocycles. The second-order valence-electron chi connectivity index (χ2n) is 11.7. The van der Waals surface area contributed by atoms with Gasteiger partial charge in [0.25, 0.3) is 0 Å². The second-order valence-corrected chi connectivity index (χ2v) is 11.7. The van der Waals surface area contributed by atoms with Gasteiger partial charge in [0.15, 0.2) is 6.10 Å². The second kappa shape index (κ2) is 5.98. The molecule has 2 saturated heterocycles. The van der Waals surface area contributed by atoms with Gasteiger partial charge in [-0.1, -0.05) is 19.9 Å². The minimum absolute atomic E-state index is 0.0727. The Hall–Kier alpha value is -2.41. The van der Waals surface area contributed by atoms with Crippen LogP contribution in [0.4, 0.5) is 0 Å². The summed E-state index contributed by atoms with van der Waals surface area (Å²) in [5.41, 5.74) is -2.94. The van der Waals surface area contributed by atoms with Crippen molar-refractivity contribution in [3.05, 3.63) is 36.3 Å². The zero-order chi connectivity index (χ0) is 23.6. The van der Waals surface area contributed by atoms with Gasteiger partial charge in [0.1, 0.15) is 23.1 Å². The lowest BCUT2D eigenvalue weighted by molar-refractivity contribution is -0.215. The first-order valence-corrected chi connectivity index (χ1v) is 11.8. The van der Waals surface area contributed by atoms with Crippen LogP contribution in [0.1, 0.15) is 65.5 Å². The number of ether oxygens (including phenoxy) is 3. The van der Waals surface area contributed by atoms with Gasteiger partial charge < -0.3 is 18.6 Å². The predicted molar refractivity (Wildman–Crippen MR) is 115 cm³/mol. The van der Waals surface area contributed by atoms with Crippen LogP contribution in [0.5, 0.6) is 0 Å². The van der Waals surface area contributed by atoms with Gasteiger partial charge in [0.2, 0.25) is 0 Å². The predicted octanol–water partition coefficient (Wildman–Crippen LogP) is 3.92. The topological polar surface area (TPSA) is 95.3 Å². The minimum atomic E-state index is -0.958. The maximum absolute atomic E-state index is 14.1. The molecule has 1 aromatic rings. The zero-order valence-electron chi connectivity index (χ0n) is 19.7. The number of hydrogen-bond donors (Lipinski definition) is 0. The number of furan rings is 1. The van der Waals surface area contributed by atoms with E-state index in [2.05, 4.69) is 13.8 Å². The van der Waals surface area contributed by atoms with Gasteiger partial charge in [-0.3, -0.25) is 4.79 Å². The molecule has 1 unspecified atom stereocenters. The smallest absolute Gasteiger partial charge is 0.339 e. The van der Waals surface area contributed by atoms with Crippen molar-refractivity contribution < 1.29 is 33.0 Å². The van der Waals surface area contributed by atoms with Crippen molar-refractivity contribution in [1.29, 1.82) is 0 Å². The van der Waals surface area contributed by atoms with Gasteiger partial charge in [0, 0.05) is 29.4 Å². The largest absolute Gasteiger partial charge is 0.472 e. The van der Waals surface area contributed by atoms with Crippen molar-refractivity contribution in [3.8, 4) is 0 Å². The molecule has 4 fully saturated rings. The first kappa shape index (κ1) is 21.1. The third-order valence-electron chi connectivity index (χ3n) is 10.0. The molecule has 0 bridgehead atoms. The van der Waals surface area contributed by atoms with Crippen LogP contribution in [0.3, 0.4) is 0 Å². The highest BCUT2D eigenvalue weighted by Gasteiger charge is 2.88. The molecule has 33 heavy (non-hydrogen) atoms. The van der Waals surface area contributed by atoms with Crippen LogP contribution in [-0.2, 0) is 28.6 Å². The number of epoxide rings is 1. The molecular weight excluding hydrogens is 424 g/mol. The van der Waals surface area contributed by atoms with E-state index in [1.165, 1.54) is 6.08 Å². The van der Waals surface area contributed by atoms with Crippen LogP contribution in [0.25, 0.3) is 0 Å². The van der Waals surface area contributed by atoms with E-state index in [1.807, 2.05) is 32.9 Å². The van der Waals surface area contributed by atoms with E-state index in [0.717, 1.165) is 12.0 Å². The summed E-state index contributed by atoms with van der Waals surface area (Å²) in [6.07, 6.45) is 7.04. The molecule has 176 valence electrons. The van der Waals surface area contributed by atoms with E-state index in [1.54, 1.807) is 12.5 Å². The number of ketones is 1. The maximum Gasteiger partial charge on any atom is 0.339 e. The summed E-state index contributed by atoms with van der Waals surface area (Å²) in [4.78, 5) is 39.6. The first-order chi connectivity index (χ1) is 15.4. The van der Waals surface area contributed by atoms with Crippen molar-refractivity contribution in [3.63, 3.8) is 0 Å². The molecule has 7 heteroatoms. The summed E-state index contributed by atoms with van der Waals surface area (Å²) in [6.45, 7) is 9.99. The van der Waals surface area contributed by atoms with Gasteiger partial charge in [-0.05, 0) is 51.0 Å². The Labute approximate surface area is 192 Å². The molecule has 8 atom stereocenters. The normalized spacial score (nSPS) is 49.5. The van der Waals surface area contributed by atoms with Crippen molar-refractivity contribution >= 4 is 17.7 Å². The highest BCUT2D eigenvalue weighted by molar-refractivity contribution is 5.93. The molecule has 2 aliphatic carbocycles. The van der Waals surface area contributed by atoms with E-state index in [0.29, 0.717) is 6.42 Å². The standard InChI is InChI=1S/C26H30O7/c1-22(2)16-12-17(27)25(5)15(23(16,3)9-7-18(28)32-22)6-10-24(4)19(14-8-11-30-13-14)31-21(29)20-26(24,25)33-20/h7-9,11,13,15-16,19-20H,6,10,12H2,1-5H3/t15?,16-,19+,20-,23+,24+,25+,26+/m1/s1. The average molecular weight is 455 g/mol. The number of carbonyl (C=O) groups is 3. The summed E-state index contributed by atoms with van der Waals surface area (Å²) in [5, 5.41) is 0. The summed E-state index contributed by atoms with van der Waals surface area (Å²) in [6, 6.07) is 1.81. The van der Waals surface area contributed by atoms with Crippen LogP contribution < -0.4 is 0 Å². The monoisotopic (exact) mass is 454 g/mol. The van der Waals surface area contributed by atoms with E-state index in [9.17, 15) is 14.4 Å². The molecule has 0 aromatic carbocycles. The average Bonchev–Trinajstić information content (AvgIpc) is 3.33. The molecule has 1 aromatic heterocycles. The SMILES string of the molecule is CC1(C)OC(=O)C=C[C@@]2(C)C3CC[C@@]4(C)[C@H](c5ccoc5)OC(=O)[C@H]5O[C@@]54[C@]3(C)C(=O)C[C@H]12. The number of cyclic esters (lactones) is 2. The van der Waals surface area contributed by atoms with Crippen molar-refractivity contribution in [2.45, 2.75) is 77.3 Å². The fraction of sp³-hybridized carbons (Fsp3) is 0.654. The number of hydrogen-bond acceptors (Lipinski definition) is 7. The lowest BCUT2D eigenvalue weighted by Gasteiger charge is -2.64. The third kappa shape index (κ3) is 2.23. The molecule has 0 amide bonds. The zero-order valence-corrected chi connectivity index (χ0v) is 19.7. The Morgan fingerprint density at radius 1 is 1.00 bits per heavy atom. The Kier molecular flexibility index (Phi) is 3.83. The summed E-state index contributed by atoms with van der Waals surface area (Å²) in [5.74, 6) is -1.02. The molecule has 0 N–H and O–H groups in total. The van der Waals surface area contributed by atoms with Crippen molar-refractivity contribution in [1.82, 2.24) is 0 Å². The molecule has 6 rings (SSSR count). The number of esters is 2. The Bertz CT molecular complexity index is 1100. The summed E-state index contributed by atoms with van der Waals surface area (Å²) < 4.78 is 23.3. The van der Waals surface area contributed by atoms with Gasteiger partial charge >= 0.3 is 11.9 Å². The third-order valence-corrected chi connectivity index (χ3v) is 10.0. The highest BCUT2D eigenvalue weighted by atomic mass is 16.7. The Morgan fingerprint density at radius 3 is 2.45 bits per heavy atom. The van der Waals surface area contributed by atoms with Gasteiger partial charge in [-0.25, -0.2) is 9.59 Å². The Balaban J connectivity index is 1.53. The van der Waals surface area contributed by atoms with Crippen LogP contribution in [0.2, 0.25) is 0 Å². The minimum Gasteiger partial charge on any atom is -0.472 e. The number of carbonyl (C=O) groups excluding carboxylic acids is 3. The van der Waals surface area contributed by atoms with Gasteiger partial charge in [0.05, 0.1) is 17.9 Å².